The molecular formula is C17H26N2O2. The Balaban J connectivity index is 1.89. The molecule has 0 saturated carbocycles. The van der Waals surface area contributed by atoms with Crippen molar-refractivity contribution in [2.45, 2.75) is 45.1 Å². The van der Waals surface area contributed by atoms with Gasteiger partial charge in [0.1, 0.15) is 0 Å². The van der Waals surface area contributed by atoms with Crippen LogP contribution >= 0.6 is 0 Å². The van der Waals surface area contributed by atoms with Gasteiger partial charge in [0, 0.05) is 6.42 Å². The molecule has 1 aliphatic heterocycles. The molecule has 4 nitrogen and oxygen atoms in total. The van der Waals surface area contributed by atoms with Crippen LogP contribution < -0.4 is 10.6 Å². The lowest BCUT2D eigenvalue weighted by molar-refractivity contribution is -0.124. The molecule has 1 aromatic rings. The van der Waals surface area contributed by atoms with Gasteiger partial charge in [0.05, 0.1) is 12.1 Å². The molecule has 1 aliphatic rings. The fourth-order valence-electron chi connectivity index (χ4n) is 3.06. The molecule has 1 amide bonds. The van der Waals surface area contributed by atoms with Crippen molar-refractivity contribution in [2.75, 3.05) is 19.7 Å². The standard InChI is InChI=1S/C17H26N2O2/c1-13-9-14(2)11-15(10-13)3-4-16(21)19-17(12-20)5-7-18-8-6-17/h9-11,18,20H,3-8,12H2,1-2H3,(H,19,21). The molecular weight excluding hydrogens is 264 g/mol. The van der Waals surface area contributed by atoms with Crippen molar-refractivity contribution in [3.05, 3.63) is 34.9 Å². The molecule has 21 heavy (non-hydrogen) atoms. The Labute approximate surface area is 126 Å². The first-order valence-electron chi connectivity index (χ1n) is 7.73. The first kappa shape index (κ1) is 16.0. The number of carbonyl (C=O) groups excluding carboxylic acids is 1. The Morgan fingerprint density at radius 3 is 2.43 bits per heavy atom. The van der Waals surface area contributed by atoms with Gasteiger partial charge in [0.15, 0.2) is 0 Å². The predicted octanol–water partition coefficient (Wildman–Crippen LogP) is 1.47. The molecule has 0 spiro atoms. The summed E-state index contributed by atoms with van der Waals surface area (Å²) in [5.74, 6) is 0.0325. The Kier molecular flexibility index (Phi) is 5.37. The van der Waals surface area contributed by atoms with Crippen LogP contribution in [-0.2, 0) is 11.2 Å². The van der Waals surface area contributed by atoms with Gasteiger partial charge in [0.25, 0.3) is 0 Å². The molecule has 1 saturated heterocycles. The molecule has 3 N–H and O–H groups in total. The first-order chi connectivity index (χ1) is 10.0. The molecule has 2 rings (SSSR count). The van der Waals surface area contributed by atoms with E-state index in [1.165, 1.54) is 16.7 Å². The Morgan fingerprint density at radius 1 is 1.24 bits per heavy atom. The smallest absolute Gasteiger partial charge is 0.220 e. The van der Waals surface area contributed by atoms with E-state index in [2.05, 4.69) is 42.7 Å². The monoisotopic (exact) mass is 290 g/mol. The largest absolute Gasteiger partial charge is 0.394 e. The van der Waals surface area contributed by atoms with Crippen LogP contribution in [0.25, 0.3) is 0 Å². The number of hydrogen-bond acceptors (Lipinski definition) is 3. The van der Waals surface area contributed by atoms with Crippen molar-refractivity contribution < 1.29 is 9.90 Å². The number of rotatable bonds is 5. The van der Waals surface area contributed by atoms with Crippen LogP contribution in [0.2, 0.25) is 0 Å². The summed E-state index contributed by atoms with van der Waals surface area (Å²) < 4.78 is 0. The van der Waals surface area contributed by atoms with Crippen LogP contribution in [0.1, 0.15) is 36.0 Å². The van der Waals surface area contributed by atoms with E-state index in [4.69, 9.17) is 0 Å². The van der Waals surface area contributed by atoms with Gasteiger partial charge in [-0.2, -0.15) is 0 Å². The van der Waals surface area contributed by atoms with Crippen LogP contribution in [0.15, 0.2) is 18.2 Å². The first-order valence-corrected chi connectivity index (χ1v) is 7.73. The average molecular weight is 290 g/mol. The number of benzene rings is 1. The van der Waals surface area contributed by atoms with E-state index >= 15 is 0 Å². The Morgan fingerprint density at radius 2 is 1.86 bits per heavy atom. The van der Waals surface area contributed by atoms with Gasteiger partial charge in [-0.15, -0.1) is 0 Å². The molecule has 4 heteroatoms. The van der Waals surface area contributed by atoms with E-state index in [1.54, 1.807) is 0 Å². The number of piperidine rings is 1. The summed E-state index contributed by atoms with van der Waals surface area (Å²) in [7, 11) is 0. The van der Waals surface area contributed by atoms with E-state index in [9.17, 15) is 9.90 Å². The van der Waals surface area contributed by atoms with Crippen LogP contribution in [0.4, 0.5) is 0 Å². The number of carbonyl (C=O) groups is 1. The van der Waals surface area contributed by atoms with Gasteiger partial charge in [-0.05, 0) is 51.8 Å². The maximum Gasteiger partial charge on any atom is 0.220 e. The lowest BCUT2D eigenvalue weighted by atomic mass is 9.89. The third-order valence-electron chi connectivity index (χ3n) is 4.19. The maximum atomic E-state index is 12.2. The topological polar surface area (TPSA) is 61.4 Å². The highest BCUT2D eigenvalue weighted by Crippen LogP contribution is 2.18. The van der Waals surface area contributed by atoms with Crippen molar-refractivity contribution in [1.29, 1.82) is 0 Å². The molecule has 1 fully saturated rings. The van der Waals surface area contributed by atoms with E-state index < -0.39 is 5.54 Å². The average Bonchev–Trinajstić information content (AvgIpc) is 2.45. The zero-order valence-electron chi connectivity index (χ0n) is 13.0. The van der Waals surface area contributed by atoms with E-state index in [1.807, 2.05) is 0 Å². The zero-order chi connectivity index (χ0) is 15.3. The fourth-order valence-corrected chi connectivity index (χ4v) is 3.06. The minimum absolute atomic E-state index is 0.0178. The fraction of sp³-hybridized carbons (Fsp3) is 0.588. The molecule has 0 atom stereocenters. The summed E-state index contributed by atoms with van der Waals surface area (Å²) in [6.07, 6.45) is 2.80. The highest BCUT2D eigenvalue weighted by molar-refractivity contribution is 5.77. The third kappa shape index (κ3) is 4.55. The van der Waals surface area contributed by atoms with E-state index in [0.29, 0.717) is 6.42 Å². The van der Waals surface area contributed by atoms with Crippen molar-refractivity contribution in [3.63, 3.8) is 0 Å². The number of aryl methyl sites for hydroxylation is 3. The molecule has 1 heterocycles. The second kappa shape index (κ2) is 7.05. The molecule has 0 radical (unpaired) electrons. The molecule has 0 bridgehead atoms. The summed E-state index contributed by atoms with van der Waals surface area (Å²) in [6, 6.07) is 6.40. The van der Waals surface area contributed by atoms with Gasteiger partial charge in [0.2, 0.25) is 5.91 Å². The second-order valence-electron chi connectivity index (χ2n) is 6.23. The lowest BCUT2D eigenvalue weighted by Gasteiger charge is -2.36. The summed E-state index contributed by atoms with van der Waals surface area (Å²) in [5.41, 5.74) is 3.24. The minimum Gasteiger partial charge on any atom is -0.394 e. The van der Waals surface area contributed by atoms with E-state index in [0.717, 1.165) is 32.4 Å². The quantitative estimate of drug-likeness (QED) is 0.769. The highest BCUT2D eigenvalue weighted by atomic mass is 16.3. The summed E-state index contributed by atoms with van der Waals surface area (Å²) in [4.78, 5) is 12.2. The normalized spacial score (nSPS) is 17.5. The predicted molar refractivity (Wildman–Crippen MR) is 84.3 cm³/mol. The van der Waals surface area contributed by atoms with Gasteiger partial charge < -0.3 is 15.7 Å². The van der Waals surface area contributed by atoms with Gasteiger partial charge in [-0.3, -0.25) is 4.79 Å². The Hall–Kier alpha value is -1.39. The van der Waals surface area contributed by atoms with Crippen molar-refractivity contribution in [1.82, 2.24) is 10.6 Å². The second-order valence-corrected chi connectivity index (χ2v) is 6.23. The van der Waals surface area contributed by atoms with Crippen molar-refractivity contribution in [3.8, 4) is 0 Å². The van der Waals surface area contributed by atoms with Crippen LogP contribution in [0.5, 0.6) is 0 Å². The van der Waals surface area contributed by atoms with Crippen LogP contribution in [0.3, 0.4) is 0 Å². The summed E-state index contributed by atoms with van der Waals surface area (Å²) >= 11 is 0. The van der Waals surface area contributed by atoms with Crippen molar-refractivity contribution in [2.24, 2.45) is 0 Å². The van der Waals surface area contributed by atoms with Gasteiger partial charge in [-0.25, -0.2) is 0 Å². The van der Waals surface area contributed by atoms with Crippen LogP contribution in [0, 0.1) is 13.8 Å². The number of amides is 1. The molecule has 1 aromatic carbocycles. The van der Waals surface area contributed by atoms with Gasteiger partial charge in [-0.1, -0.05) is 29.3 Å². The van der Waals surface area contributed by atoms with Crippen LogP contribution in [-0.4, -0.2) is 36.2 Å². The minimum atomic E-state index is -0.426. The maximum absolute atomic E-state index is 12.2. The number of aliphatic hydroxyl groups is 1. The summed E-state index contributed by atoms with van der Waals surface area (Å²) in [5, 5.41) is 15.9. The lowest BCUT2D eigenvalue weighted by Crippen LogP contribution is -2.56. The number of aliphatic hydroxyl groups excluding tert-OH is 1. The third-order valence-corrected chi connectivity index (χ3v) is 4.19. The Bertz CT molecular complexity index is 473. The molecule has 0 aromatic heterocycles. The highest BCUT2D eigenvalue weighted by Gasteiger charge is 2.32. The molecule has 116 valence electrons. The molecule has 0 unspecified atom stereocenters. The zero-order valence-corrected chi connectivity index (χ0v) is 13.0. The molecule has 0 aliphatic carbocycles. The van der Waals surface area contributed by atoms with Gasteiger partial charge >= 0.3 is 0 Å². The SMILES string of the molecule is Cc1cc(C)cc(CCC(=O)NC2(CO)CCNCC2)c1. The number of hydrogen-bond donors (Lipinski definition) is 3. The summed E-state index contributed by atoms with van der Waals surface area (Å²) in [6.45, 7) is 5.86. The number of nitrogens with one attached hydrogen (secondary N) is 2. The van der Waals surface area contributed by atoms with Crippen molar-refractivity contribution >= 4 is 5.91 Å². The van der Waals surface area contributed by atoms with E-state index in [-0.39, 0.29) is 12.5 Å².